The summed E-state index contributed by atoms with van der Waals surface area (Å²) in [7, 11) is 0. The number of nitrogens with zero attached hydrogens (tertiary/aromatic N) is 1. The second kappa shape index (κ2) is 4.70. The Labute approximate surface area is 88.0 Å². The summed E-state index contributed by atoms with van der Waals surface area (Å²) in [5.41, 5.74) is 1.06. The van der Waals surface area contributed by atoms with E-state index in [4.69, 9.17) is 5.11 Å². The fourth-order valence-electron chi connectivity index (χ4n) is 1.41. The van der Waals surface area contributed by atoms with Gasteiger partial charge in [0.1, 0.15) is 0 Å². The maximum absolute atomic E-state index is 10.7. The van der Waals surface area contributed by atoms with Crippen LogP contribution in [0.5, 0.6) is 0 Å². The molecule has 0 amide bonds. The highest BCUT2D eigenvalue weighted by Gasteiger charge is 2.17. The highest BCUT2D eigenvalue weighted by molar-refractivity contribution is 5.64. The van der Waals surface area contributed by atoms with Gasteiger partial charge in [-0.3, -0.25) is 10.1 Å². The molecule has 0 saturated carbocycles. The lowest BCUT2D eigenvalue weighted by Crippen LogP contribution is -2.03. The Kier molecular flexibility index (Phi) is 3.57. The van der Waals surface area contributed by atoms with Crippen molar-refractivity contribution < 1.29 is 10.0 Å². The molecular formula is C11H12NO3. The molecule has 1 rings (SSSR count). The molecule has 0 spiro atoms. The van der Waals surface area contributed by atoms with E-state index in [1.165, 1.54) is 12.1 Å². The number of hydrogen-bond donors (Lipinski definition) is 1. The SMILES string of the molecule is [CH2]C(CO)c1cccc([N+](=O)[O-])c1C=C. The second-order valence-electron chi connectivity index (χ2n) is 3.12. The maximum Gasteiger partial charge on any atom is 0.276 e. The molecule has 1 radical (unpaired) electrons. The molecule has 1 aromatic carbocycles. The van der Waals surface area contributed by atoms with Gasteiger partial charge in [-0.2, -0.15) is 0 Å². The van der Waals surface area contributed by atoms with Crippen LogP contribution in [0.4, 0.5) is 5.69 Å². The van der Waals surface area contributed by atoms with E-state index in [0.29, 0.717) is 11.1 Å². The zero-order chi connectivity index (χ0) is 11.4. The molecule has 0 fully saturated rings. The summed E-state index contributed by atoms with van der Waals surface area (Å²) in [6.45, 7) is 7.10. The molecule has 4 heteroatoms. The fraction of sp³-hybridized carbons (Fsp3) is 0.182. The lowest BCUT2D eigenvalue weighted by Gasteiger charge is -2.11. The molecule has 79 valence electrons. The van der Waals surface area contributed by atoms with Crippen LogP contribution in [-0.4, -0.2) is 16.6 Å². The molecule has 0 saturated heterocycles. The third-order valence-corrected chi connectivity index (χ3v) is 2.18. The quantitative estimate of drug-likeness (QED) is 0.606. The number of aliphatic hydroxyl groups excluding tert-OH is 1. The standard InChI is InChI=1S/C11H12NO3/c1-3-9-10(8(2)7-13)5-4-6-11(9)12(14)15/h3-6,8,13H,1-2,7H2. The van der Waals surface area contributed by atoms with Gasteiger partial charge in [-0.15, -0.1) is 0 Å². The number of benzene rings is 1. The average Bonchev–Trinajstić information content (AvgIpc) is 2.26. The first-order valence-electron chi connectivity index (χ1n) is 4.45. The third-order valence-electron chi connectivity index (χ3n) is 2.18. The van der Waals surface area contributed by atoms with Crippen molar-refractivity contribution >= 4 is 11.8 Å². The zero-order valence-electron chi connectivity index (χ0n) is 8.22. The summed E-state index contributed by atoms with van der Waals surface area (Å²) in [4.78, 5) is 10.3. The topological polar surface area (TPSA) is 63.4 Å². The molecule has 15 heavy (non-hydrogen) atoms. The summed E-state index contributed by atoms with van der Waals surface area (Å²) >= 11 is 0. The van der Waals surface area contributed by atoms with E-state index in [2.05, 4.69) is 13.5 Å². The van der Waals surface area contributed by atoms with Gasteiger partial charge in [-0.05, 0) is 12.5 Å². The summed E-state index contributed by atoms with van der Waals surface area (Å²) in [6.07, 6.45) is 1.42. The molecule has 0 aliphatic heterocycles. The predicted molar refractivity (Wildman–Crippen MR) is 58.4 cm³/mol. The van der Waals surface area contributed by atoms with Crippen LogP contribution in [0.3, 0.4) is 0 Å². The van der Waals surface area contributed by atoms with E-state index in [1.807, 2.05) is 0 Å². The highest BCUT2D eigenvalue weighted by Crippen LogP contribution is 2.28. The van der Waals surface area contributed by atoms with Crippen molar-refractivity contribution in [2.24, 2.45) is 0 Å². The normalized spacial score (nSPS) is 12.1. The van der Waals surface area contributed by atoms with Crippen molar-refractivity contribution in [3.63, 3.8) is 0 Å². The van der Waals surface area contributed by atoms with E-state index in [9.17, 15) is 10.1 Å². The Balaban J connectivity index is 3.34. The fourth-order valence-corrected chi connectivity index (χ4v) is 1.41. The molecule has 0 aromatic heterocycles. The van der Waals surface area contributed by atoms with Crippen LogP contribution >= 0.6 is 0 Å². The minimum Gasteiger partial charge on any atom is -0.396 e. The van der Waals surface area contributed by atoms with Gasteiger partial charge in [0.25, 0.3) is 5.69 Å². The van der Waals surface area contributed by atoms with Crippen LogP contribution < -0.4 is 0 Å². The molecule has 0 heterocycles. The van der Waals surface area contributed by atoms with Crippen LogP contribution in [0.2, 0.25) is 0 Å². The van der Waals surface area contributed by atoms with Gasteiger partial charge in [-0.25, -0.2) is 0 Å². The molecule has 1 atom stereocenters. The lowest BCUT2D eigenvalue weighted by molar-refractivity contribution is -0.385. The molecule has 1 unspecified atom stereocenters. The summed E-state index contributed by atoms with van der Waals surface area (Å²) < 4.78 is 0. The van der Waals surface area contributed by atoms with Crippen LogP contribution in [0.15, 0.2) is 24.8 Å². The van der Waals surface area contributed by atoms with Gasteiger partial charge in [0.15, 0.2) is 0 Å². The summed E-state index contributed by atoms with van der Waals surface area (Å²) in [6, 6.07) is 4.69. The van der Waals surface area contributed by atoms with Gasteiger partial charge >= 0.3 is 0 Å². The van der Waals surface area contributed by atoms with E-state index in [-0.39, 0.29) is 18.2 Å². The Bertz CT molecular complexity index is 387. The number of nitro benzene ring substituents is 1. The minimum absolute atomic E-state index is 0.00963. The van der Waals surface area contributed by atoms with Gasteiger partial charge in [0.2, 0.25) is 0 Å². The number of aliphatic hydroxyl groups is 1. The van der Waals surface area contributed by atoms with Gasteiger partial charge in [0.05, 0.1) is 10.5 Å². The van der Waals surface area contributed by atoms with Crippen LogP contribution in [-0.2, 0) is 0 Å². The second-order valence-corrected chi connectivity index (χ2v) is 3.12. The third kappa shape index (κ3) is 2.22. The monoisotopic (exact) mass is 206 g/mol. The van der Waals surface area contributed by atoms with Crippen molar-refractivity contribution in [3.05, 3.63) is 52.9 Å². The van der Waals surface area contributed by atoms with E-state index >= 15 is 0 Å². The lowest BCUT2D eigenvalue weighted by atomic mass is 9.95. The highest BCUT2D eigenvalue weighted by atomic mass is 16.6. The largest absolute Gasteiger partial charge is 0.396 e. The molecule has 1 aromatic rings. The number of hydrogen-bond acceptors (Lipinski definition) is 3. The Hall–Kier alpha value is -1.68. The van der Waals surface area contributed by atoms with E-state index in [1.54, 1.807) is 12.1 Å². The molecule has 1 N–H and O–H groups in total. The van der Waals surface area contributed by atoms with Crippen molar-refractivity contribution in [1.82, 2.24) is 0 Å². The molecule has 0 bridgehead atoms. The van der Waals surface area contributed by atoms with Crippen LogP contribution in [0.25, 0.3) is 6.08 Å². The van der Waals surface area contributed by atoms with Crippen molar-refractivity contribution in [3.8, 4) is 0 Å². The van der Waals surface area contributed by atoms with Crippen molar-refractivity contribution in [2.75, 3.05) is 6.61 Å². The average molecular weight is 206 g/mol. The zero-order valence-corrected chi connectivity index (χ0v) is 8.22. The summed E-state index contributed by atoms with van der Waals surface area (Å²) in [5, 5.41) is 19.7. The van der Waals surface area contributed by atoms with E-state index < -0.39 is 4.92 Å². The number of rotatable bonds is 4. The molecule has 0 aliphatic carbocycles. The maximum atomic E-state index is 10.7. The van der Waals surface area contributed by atoms with Gasteiger partial charge in [0, 0.05) is 18.6 Å². The van der Waals surface area contributed by atoms with E-state index in [0.717, 1.165) is 0 Å². The predicted octanol–water partition coefficient (Wildman–Crippen LogP) is 2.15. The smallest absolute Gasteiger partial charge is 0.276 e. The first-order chi connectivity index (χ1) is 7.11. The number of nitro groups is 1. The molecular weight excluding hydrogens is 194 g/mol. The van der Waals surface area contributed by atoms with Gasteiger partial charge in [-0.1, -0.05) is 24.8 Å². The van der Waals surface area contributed by atoms with Crippen LogP contribution in [0, 0.1) is 17.0 Å². The Morgan fingerprint density at radius 1 is 1.60 bits per heavy atom. The molecule has 4 nitrogen and oxygen atoms in total. The molecule has 0 aliphatic rings. The first-order valence-corrected chi connectivity index (χ1v) is 4.45. The summed E-state index contributed by atoms with van der Waals surface area (Å²) in [5.74, 6) is -0.377. The van der Waals surface area contributed by atoms with Gasteiger partial charge < -0.3 is 5.11 Å². The van der Waals surface area contributed by atoms with Crippen LogP contribution in [0.1, 0.15) is 17.0 Å². The Morgan fingerprint density at radius 2 is 2.27 bits per heavy atom. The van der Waals surface area contributed by atoms with Crippen molar-refractivity contribution in [1.29, 1.82) is 0 Å². The minimum atomic E-state index is -0.468. The van der Waals surface area contributed by atoms with Crippen molar-refractivity contribution in [2.45, 2.75) is 5.92 Å². The first kappa shape index (κ1) is 11.4. The Morgan fingerprint density at radius 3 is 2.73 bits per heavy atom.